The van der Waals surface area contributed by atoms with Crippen molar-refractivity contribution in [3.63, 3.8) is 0 Å². The first kappa shape index (κ1) is 19.1. The summed E-state index contributed by atoms with van der Waals surface area (Å²) in [5.74, 6) is -5.13. The normalized spacial score (nSPS) is 12.6. The van der Waals surface area contributed by atoms with E-state index in [0.717, 1.165) is 6.08 Å². The van der Waals surface area contributed by atoms with Crippen LogP contribution in [0.15, 0.2) is 59.9 Å². The van der Waals surface area contributed by atoms with Crippen molar-refractivity contribution in [2.45, 2.75) is 5.92 Å². The molecule has 2 radical (unpaired) electrons. The van der Waals surface area contributed by atoms with Gasteiger partial charge in [-0.2, -0.15) is 13.9 Å². The minimum absolute atomic E-state index is 0.0420. The van der Waals surface area contributed by atoms with Gasteiger partial charge < -0.3 is 11.1 Å². The van der Waals surface area contributed by atoms with Gasteiger partial charge in [-0.05, 0) is 29.9 Å². The minimum Gasteiger partial charge on any atom is -0.382 e. The van der Waals surface area contributed by atoms with E-state index in [0.29, 0.717) is 16.5 Å². The molecule has 10 heteroatoms. The molecule has 0 bridgehead atoms. The summed E-state index contributed by atoms with van der Waals surface area (Å²) < 4.78 is 29.3. The molecule has 7 nitrogen and oxygen atoms in total. The zero-order valence-electron chi connectivity index (χ0n) is 14.4. The lowest BCUT2D eigenvalue weighted by molar-refractivity contribution is 0.0747. The van der Waals surface area contributed by atoms with Gasteiger partial charge in [0.2, 0.25) is 0 Å². The highest BCUT2D eigenvalue weighted by Gasteiger charge is 2.37. The fraction of sp³-hybridized carbons (Fsp3) is 0.0556. The number of pyridine rings is 1. The molecule has 0 atom stereocenters. The highest BCUT2D eigenvalue weighted by Crippen LogP contribution is 2.30. The summed E-state index contributed by atoms with van der Waals surface area (Å²) in [6.07, 6.45) is 5.26. The molecule has 28 heavy (non-hydrogen) atoms. The van der Waals surface area contributed by atoms with Crippen LogP contribution < -0.4 is 11.3 Å². The Morgan fingerprint density at radius 2 is 2.00 bits per heavy atom. The van der Waals surface area contributed by atoms with Gasteiger partial charge in [-0.3, -0.25) is 15.5 Å². The van der Waals surface area contributed by atoms with E-state index in [1.807, 2.05) is 0 Å². The number of aromatic nitrogens is 3. The third-order valence-corrected chi connectivity index (χ3v) is 3.85. The van der Waals surface area contributed by atoms with Crippen LogP contribution in [0.2, 0.25) is 0 Å². The van der Waals surface area contributed by atoms with Gasteiger partial charge in [0.05, 0.1) is 17.4 Å². The fourth-order valence-electron chi connectivity index (χ4n) is 2.38. The Morgan fingerprint density at radius 1 is 1.21 bits per heavy atom. The molecule has 3 aromatic rings. The summed E-state index contributed by atoms with van der Waals surface area (Å²) in [6, 6.07) is 6.94. The maximum atomic E-state index is 14.7. The lowest BCUT2D eigenvalue weighted by atomic mass is 10.0. The SMILES string of the molecule is [B]c1ccc2cc(C(F)(F)C(N)=NC(=N)/C=C\C(=N)c3cn[nH]c3)ccc2n1. The fourth-order valence-corrected chi connectivity index (χ4v) is 2.38. The van der Waals surface area contributed by atoms with Crippen LogP contribution in [0, 0.1) is 10.8 Å². The Labute approximate surface area is 159 Å². The number of aromatic amines is 1. The predicted molar refractivity (Wildman–Crippen MR) is 105 cm³/mol. The maximum Gasteiger partial charge on any atom is 0.329 e. The topological polar surface area (TPSA) is 128 Å². The first-order valence-corrected chi connectivity index (χ1v) is 8.01. The summed E-state index contributed by atoms with van der Waals surface area (Å²) >= 11 is 0. The van der Waals surface area contributed by atoms with Crippen LogP contribution in [0.1, 0.15) is 11.1 Å². The molecule has 1 aromatic carbocycles. The number of nitrogens with one attached hydrogen (secondary N) is 3. The number of allylic oxidation sites excluding steroid dienone is 1. The van der Waals surface area contributed by atoms with Crippen molar-refractivity contribution >= 4 is 41.7 Å². The average molecular weight is 377 g/mol. The maximum absolute atomic E-state index is 14.7. The first-order chi connectivity index (χ1) is 13.3. The van der Waals surface area contributed by atoms with Crippen molar-refractivity contribution in [1.29, 1.82) is 10.8 Å². The van der Waals surface area contributed by atoms with Gasteiger partial charge in [0.25, 0.3) is 0 Å². The molecule has 0 aliphatic carbocycles. The molecule has 0 saturated carbocycles. The summed E-state index contributed by atoms with van der Waals surface area (Å²) in [7, 11) is 5.58. The van der Waals surface area contributed by atoms with Crippen LogP contribution in [0.5, 0.6) is 0 Å². The number of alkyl halides is 2. The third kappa shape index (κ3) is 4.00. The van der Waals surface area contributed by atoms with Gasteiger partial charge in [-0.1, -0.05) is 18.2 Å². The van der Waals surface area contributed by atoms with Gasteiger partial charge >= 0.3 is 5.92 Å². The summed E-state index contributed by atoms with van der Waals surface area (Å²) in [6.45, 7) is 0. The van der Waals surface area contributed by atoms with E-state index in [1.54, 1.807) is 6.07 Å². The summed E-state index contributed by atoms with van der Waals surface area (Å²) in [5, 5.41) is 22.2. The lowest BCUT2D eigenvalue weighted by Crippen LogP contribution is -2.34. The molecular weight excluding hydrogens is 363 g/mol. The van der Waals surface area contributed by atoms with Crippen molar-refractivity contribution in [3.05, 3.63) is 66.0 Å². The monoisotopic (exact) mass is 377 g/mol. The minimum atomic E-state index is -3.59. The number of fused-ring (bicyclic) bond motifs is 1. The van der Waals surface area contributed by atoms with E-state index in [9.17, 15) is 8.78 Å². The second-order valence-electron chi connectivity index (χ2n) is 5.83. The number of halogens is 2. The number of hydrogen-bond acceptors (Lipinski definition) is 4. The Morgan fingerprint density at radius 3 is 2.71 bits per heavy atom. The molecule has 0 aliphatic rings. The molecule has 138 valence electrons. The zero-order chi connectivity index (χ0) is 20.3. The molecule has 2 aromatic heterocycles. The van der Waals surface area contributed by atoms with Crippen LogP contribution in [0.4, 0.5) is 8.78 Å². The van der Waals surface area contributed by atoms with Gasteiger partial charge in [0.15, 0.2) is 5.84 Å². The Kier molecular flexibility index (Phi) is 5.12. The van der Waals surface area contributed by atoms with Gasteiger partial charge in [-0.25, -0.2) is 4.99 Å². The molecular formula is C18H14BF2N7. The molecule has 3 rings (SSSR count). The number of H-pyrrole nitrogens is 1. The Hall–Kier alpha value is -3.69. The quantitative estimate of drug-likeness (QED) is 0.308. The van der Waals surface area contributed by atoms with Crippen LogP contribution in [0.25, 0.3) is 10.9 Å². The van der Waals surface area contributed by atoms with E-state index in [-0.39, 0.29) is 16.9 Å². The average Bonchev–Trinajstić information content (AvgIpc) is 3.20. The highest BCUT2D eigenvalue weighted by molar-refractivity contribution is 6.31. The lowest BCUT2D eigenvalue weighted by Gasteiger charge is -2.16. The van der Waals surface area contributed by atoms with Crippen molar-refractivity contribution in [2.24, 2.45) is 10.7 Å². The molecule has 0 unspecified atom stereocenters. The van der Waals surface area contributed by atoms with E-state index in [1.165, 1.54) is 42.7 Å². The smallest absolute Gasteiger partial charge is 0.329 e. The predicted octanol–water partition coefficient (Wildman–Crippen LogP) is 1.80. The number of hydrogen-bond donors (Lipinski definition) is 4. The number of nitrogens with zero attached hydrogens (tertiary/aromatic N) is 3. The molecule has 5 N–H and O–H groups in total. The highest BCUT2D eigenvalue weighted by atomic mass is 19.3. The number of amidine groups is 2. The van der Waals surface area contributed by atoms with Crippen molar-refractivity contribution in [1.82, 2.24) is 15.2 Å². The molecule has 2 heterocycles. The van der Waals surface area contributed by atoms with Gasteiger partial charge in [0, 0.05) is 22.7 Å². The van der Waals surface area contributed by atoms with E-state index >= 15 is 0 Å². The summed E-state index contributed by atoms with van der Waals surface area (Å²) in [5.41, 5.74) is 6.38. The molecule has 0 spiro atoms. The number of aliphatic imine (C=N–C) groups is 1. The second-order valence-corrected chi connectivity index (χ2v) is 5.83. The first-order valence-electron chi connectivity index (χ1n) is 8.01. The largest absolute Gasteiger partial charge is 0.382 e. The number of rotatable bonds is 5. The van der Waals surface area contributed by atoms with E-state index in [4.69, 9.17) is 24.4 Å². The van der Waals surface area contributed by atoms with Crippen LogP contribution in [-0.2, 0) is 5.92 Å². The van der Waals surface area contributed by atoms with E-state index < -0.39 is 17.6 Å². The standard InChI is InChI=1S/C18H14BF2N7/c19-15-5-1-10-7-12(2-4-14(10)27-15)18(20,21)17(24)28-16(23)6-3-13(22)11-8-25-26-9-11/h1-9,22H,(H,25,26)(H3,23,24,28)/b6-3-,22-13?. The van der Waals surface area contributed by atoms with Crippen molar-refractivity contribution in [2.75, 3.05) is 0 Å². The van der Waals surface area contributed by atoms with Crippen molar-refractivity contribution in [3.8, 4) is 0 Å². The van der Waals surface area contributed by atoms with Gasteiger partial charge in [-0.15, -0.1) is 0 Å². The van der Waals surface area contributed by atoms with E-state index in [2.05, 4.69) is 20.2 Å². The Bertz CT molecular complexity index is 1100. The third-order valence-electron chi connectivity index (χ3n) is 3.85. The summed E-state index contributed by atoms with van der Waals surface area (Å²) in [4.78, 5) is 7.51. The van der Waals surface area contributed by atoms with Gasteiger partial charge in [0.1, 0.15) is 13.7 Å². The second kappa shape index (κ2) is 7.51. The van der Waals surface area contributed by atoms with Crippen molar-refractivity contribution < 1.29 is 8.78 Å². The molecule has 0 amide bonds. The molecule has 0 aliphatic heterocycles. The molecule has 0 fully saturated rings. The van der Waals surface area contributed by atoms with Crippen LogP contribution >= 0.6 is 0 Å². The molecule has 0 saturated heterocycles. The van der Waals surface area contributed by atoms with Crippen LogP contribution in [-0.4, -0.2) is 40.4 Å². The number of benzene rings is 1. The zero-order valence-corrected chi connectivity index (χ0v) is 14.4. The Balaban J connectivity index is 1.81. The van der Waals surface area contributed by atoms with Crippen LogP contribution in [0.3, 0.4) is 0 Å². The number of nitrogens with two attached hydrogens (primary N) is 1.